The van der Waals surface area contributed by atoms with E-state index in [2.05, 4.69) is 30.2 Å². The number of hydrogen-bond donors (Lipinski definition) is 0. The molecule has 10 heteroatoms. The zero-order valence-corrected chi connectivity index (χ0v) is 18.5. The van der Waals surface area contributed by atoms with E-state index >= 15 is 0 Å². The lowest BCUT2D eigenvalue weighted by Crippen LogP contribution is -2.32. The molecule has 170 valence electrons. The number of rotatable bonds is 7. The van der Waals surface area contributed by atoms with Gasteiger partial charge < -0.3 is 18.5 Å². The van der Waals surface area contributed by atoms with Crippen molar-refractivity contribution in [2.45, 2.75) is 25.3 Å². The molecule has 5 rings (SSSR count). The molecule has 1 aromatic carbocycles. The summed E-state index contributed by atoms with van der Waals surface area (Å²) >= 11 is 0. The zero-order valence-electron chi connectivity index (χ0n) is 18.5. The summed E-state index contributed by atoms with van der Waals surface area (Å²) in [6.45, 7) is 2.34. The molecule has 1 aliphatic heterocycles. The fraction of sp³-hybridized carbons (Fsp3) is 0.348. The van der Waals surface area contributed by atoms with Crippen molar-refractivity contribution < 1.29 is 18.5 Å². The van der Waals surface area contributed by atoms with E-state index in [0.29, 0.717) is 47.2 Å². The fourth-order valence-electron chi connectivity index (χ4n) is 3.94. The Morgan fingerprint density at radius 1 is 0.939 bits per heavy atom. The van der Waals surface area contributed by atoms with Crippen molar-refractivity contribution in [2.75, 3.05) is 27.3 Å². The molecule has 4 aromatic rings. The molecule has 0 bridgehead atoms. The minimum atomic E-state index is 0.233. The molecule has 0 N–H and O–H groups in total. The maximum atomic E-state index is 5.52. The predicted octanol–water partition coefficient (Wildman–Crippen LogP) is 3.58. The molecule has 1 aliphatic rings. The first-order valence-corrected chi connectivity index (χ1v) is 10.8. The summed E-state index contributed by atoms with van der Waals surface area (Å²) in [7, 11) is 3.20. The largest absolute Gasteiger partial charge is 0.493 e. The van der Waals surface area contributed by atoms with Crippen molar-refractivity contribution in [3.63, 3.8) is 0 Å². The minimum Gasteiger partial charge on any atom is -0.493 e. The Morgan fingerprint density at radius 3 is 2.52 bits per heavy atom. The second-order valence-corrected chi connectivity index (χ2v) is 7.80. The number of nitrogens with zero attached hydrogens (tertiary/aromatic N) is 6. The number of methoxy groups -OCH3 is 2. The molecule has 0 radical (unpaired) electrons. The molecule has 1 saturated heterocycles. The van der Waals surface area contributed by atoms with Crippen molar-refractivity contribution in [1.29, 1.82) is 0 Å². The van der Waals surface area contributed by atoms with Gasteiger partial charge in [-0.1, -0.05) is 16.4 Å². The van der Waals surface area contributed by atoms with Crippen LogP contribution in [0.2, 0.25) is 0 Å². The van der Waals surface area contributed by atoms with Gasteiger partial charge in [0.05, 0.1) is 20.8 Å². The van der Waals surface area contributed by atoms with E-state index in [0.717, 1.165) is 31.5 Å². The van der Waals surface area contributed by atoms with Crippen LogP contribution >= 0.6 is 0 Å². The van der Waals surface area contributed by atoms with Gasteiger partial charge in [-0.15, -0.1) is 0 Å². The Hall–Kier alpha value is -3.79. The third-order valence-electron chi connectivity index (χ3n) is 5.74. The molecule has 0 unspecified atom stereocenters. The first-order chi connectivity index (χ1) is 16.2. The molecule has 0 spiro atoms. The molecule has 10 nitrogen and oxygen atoms in total. The van der Waals surface area contributed by atoms with Crippen molar-refractivity contribution in [3.05, 3.63) is 54.4 Å². The molecule has 0 amide bonds. The lowest BCUT2D eigenvalue weighted by atomic mass is 9.97. The van der Waals surface area contributed by atoms with Gasteiger partial charge in [-0.25, -0.2) is 0 Å². The molecule has 4 heterocycles. The SMILES string of the molecule is COc1ccc(-c2noc(CN3CCC(c4nc(-c5ccccn5)no4)CC3)n2)cc1OC. The van der Waals surface area contributed by atoms with E-state index < -0.39 is 0 Å². The van der Waals surface area contributed by atoms with E-state index in [1.165, 1.54) is 0 Å². The van der Waals surface area contributed by atoms with Crippen LogP contribution in [0.3, 0.4) is 0 Å². The van der Waals surface area contributed by atoms with Crippen molar-refractivity contribution in [2.24, 2.45) is 0 Å². The molecular weight excluding hydrogens is 424 g/mol. The third kappa shape index (κ3) is 4.56. The predicted molar refractivity (Wildman–Crippen MR) is 118 cm³/mol. The van der Waals surface area contributed by atoms with Gasteiger partial charge in [0, 0.05) is 17.7 Å². The van der Waals surface area contributed by atoms with Crippen LogP contribution in [-0.2, 0) is 6.54 Å². The number of piperidine rings is 1. The van der Waals surface area contributed by atoms with E-state index in [-0.39, 0.29) is 5.92 Å². The smallest absolute Gasteiger partial charge is 0.241 e. The number of ether oxygens (including phenoxy) is 2. The minimum absolute atomic E-state index is 0.233. The maximum Gasteiger partial charge on any atom is 0.241 e. The summed E-state index contributed by atoms with van der Waals surface area (Å²) in [5.74, 6) is 3.81. The molecule has 0 saturated carbocycles. The lowest BCUT2D eigenvalue weighted by molar-refractivity contribution is 0.168. The highest BCUT2D eigenvalue weighted by Gasteiger charge is 2.26. The van der Waals surface area contributed by atoms with Crippen LogP contribution in [0.15, 0.2) is 51.6 Å². The highest BCUT2D eigenvalue weighted by atomic mass is 16.5. The van der Waals surface area contributed by atoms with Crippen LogP contribution in [0.5, 0.6) is 11.5 Å². The summed E-state index contributed by atoms with van der Waals surface area (Å²) in [5, 5.41) is 8.22. The van der Waals surface area contributed by atoms with E-state index in [4.69, 9.17) is 18.5 Å². The third-order valence-corrected chi connectivity index (χ3v) is 5.74. The van der Waals surface area contributed by atoms with Crippen LogP contribution in [0.4, 0.5) is 0 Å². The van der Waals surface area contributed by atoms with Gasteiger partial charge in [0.25, 0.3) is 0 Å². The van der Waals surface area contributed by atoms with Gasteiger partial charge in [0.15, 0.2) is 11.5 Å². The fourth-order valence-corrected chi connectivity index (χ4v) is 3.94. The van der Waals surface area contributed by atoms with E-state index in [9.17, 15) is 0 Å². The number of pyridine rings is 1. The van der Waals surface area contributed by atoms with Crippen molar-refractivity contribution in [3.8, 4) is 34.4 Å². The first kappa shape index (κ1) is 21.1. The number of benzene rings is 1. The van der Waals surface area contributed by atoms with Gasteiger partial charge in [0.2, 0.25) is 23.4 Å². The summed E-state index contributed by atoms with van der Waals surface area (Å²) in [5.41, 5.74) is 1.52. The van der Waals surface area contributed by atoms with Crippen LogP contribution in [0, 0.1) is 0 Å². The Kier molecular flexibility index (Phi) is 5.99. The highest BCUT2D eigenvalue weighted by molar-refractivity contribution is 5.60. The standard InChI is InChI=1S/C23H24N6O4/c1-30-18-7-6-16(13-19(18)31-2)21-25-20(32-27-21)14-29-11-8-15(9-12-29)23-26-22(28-33-23)17-5-3-4-10-24-17/h3-7,10,13,15H,8-9,11-12,14H2,1-2H3. The van der Waals surface area contributed by atoms with Crippen molar-refractivity contribution >= 4 is 0 Å². The number of hydrogen-bond acceptors (Lipinski definition) is 10. The summed E-state index contributed by atoms with van der Waals surface area (Å²) < 4.78 is 21.7. The monoisotopic (exact) mass is 448 g/mol. The molecule has 3 aromatic heterocycles. The molecule has 33 heavy (non-hydrogen) atoms. The van der Waals surface area contributed by atoms with Gasteiger partial charge >= 0.3 is 0 Å². The van der Waals surface area contributed by atoms with Crippen LogP contribution in [-0.4, -0.2) is 57.5 Å². The lowest BCUT2D eigenvalue weighted by Gasteiger charge is -2.28. The zero-order chi connectivity index (χ0) is 22.6. The molecule has 1 fully saturated rings. The van der Waals surface area contributed by atoms with Crippen LogP contribution < -0.4 is 9.47 Å². The second-order valence-electron chi connectivity index (χ2n) is 7.80. The molecule has 0 atom stereocenters. The first-order valence-electron chi connectivity index (χ1n) is 10.8. The van der Waals surface area contributed by atoms with Gasteiger partial charge in [-0.2, -0.15) is 9.97 Å². The summed E-state index contributed by atoms with van der Waals surface area (Å²) in [6, 6.07) is 11.2. The van der Waals surface area contributed by atoms with Gasteiger partial charge in [-0.3, -0.25) is 9.88 Å². The topological polar surface area (TPSA) is 112 Å². The normalized spacial score (nSPS) is 15.0. The van der Waals surface area contributed by atoms with E-state index in [1.807, 2.05) is 36.4 Å². The average Bonchev–Trinajstić information content (AvgIpc) is 3.55. The van der Waals surface area contributed by atoms with Crippen LogP contribution in [0.25, 0.3) is 22.9 Å². The van der Waals surface area contributed by atoms with Crippen LogP contribution in [0.1, 0.15) is 30.5 Å². The molecule has 0 aliphatic carbocycles. The maximum absolute atomic E-state index is 5.52. The van der Waals surface area contributed by atoms with Gasteiger partial charge in [0.1, 0.15) is 5.69 Å². The Bertz CT molecular complexity index is 1200. The second kappa shape index (κ2) is 9.37. The van der Waals surface area contributed by atoms with Crippen molar-refractivity contribution in [1.82, 2.24) is 30.2 Å². The quantitative estimate of drug-likeness (QED) is 0.416. The Labute approximate surface area is 190 Å². The summed E-state index contributed by atoms with van der Waals surface area (Å²) in [4.78, 5) is 15.7. The Balaban J connectivity index is 1.19. The highest BCUT2D eigenvalue weighted by Crippen LogP contribution is 2.32. The van der Waals surface area contributed by atoms with E-state index in [1.54, 1.807) is 20.4 Å². The molecular formula is C23H24N6O4. The summed E-state index contributed by atoms with van der Waals surface area (Å²) in [6.07, 6.45) is 3.55. The Morgan fingerprint density at radius 2 is 1.76 bits per heavy atom. The number of likely N-dealkylation sites (tertiary alicyclic amines) is 1. The average molecular weight is 448 g/mol. The number of aromatic nitrogens is 5. The van der Waals surface area contributed by atoms with Gasteiger partial charge in [-0.05, 0) is 56.3 Å².